The van der Waals surface area contributed by atoms with Gasteiger partial charge in [0.15, 0.2) is 0 Å². The molecule has 134 valence electrons. The zero-order chi connectivity index (χ0) is 18.1. The molecular formula is C19H17ClN2O4. The smallest absolute Gasteiger partial charge is 0.266 e. The standard InChI is InChI=1S/C19H17ClN2O4/c1-24-15-5-3-14(19-25-8-9-26-19)13-4-7-17(23)22(18(13)15)11-12-2-6-16(20)21-10-12/h2-3,5-6,8-10,19H,4,7,11H2,1H3. The molecule has 1 aromatic heterocycles. The summed E-state index contributed by atoms with van der Waals surface area (Å²) in [6.45, 7) is 0.389. The van der Waals surface area contributed by atoms with Crippen LogP contribution < -0.4 is 9.64 Å². The first kappa shape index (κ1) is 16.7. The van der Waals surface area contributed by atoms with E-state index < -0.39 is 6.29 Å². The molecule has 4 rings (SSSR count). The first-order valence-electron chi connectivity index (χ1n) is 8.24. The van der Waals surface area contributed by atoms with Gasteiger partial charge in [0.2, 0.25) is 5.91 Å². The third kappa shape index (κ3) is 2.97. The van der Waals surface area contributed by atoms with Crippen molar-refractivity contribution in [3.8, 4) is 5.75 Å². The second kappa shape index (κ2) is 6.88. The Kier molecular flexibility index (Phi) is 4.42. The van der Waals surface area contributed by atoms with Crippen molar-refractivity contribution in [2.24, 2.45) is 0 Å². The highest BCUT2D eigenvalue weighted by atomic mass is 35.5. The van der Waals surface area contributed by atoms with E-state index in [0.29, 0.717) is 30.3 Å². The summed E-state index contributed by atoms with van der Waals surface area (Å²) in [6.07, 6.45) is 5.24. The number of ether oxygens (including phenoxy) is 3. The monoisotopic (exact) mass is 372 g/mol. The summed E-state index contributed by atoms with van der Waals surface area (Å²) < 4.78 is 16.5. The van der Waals surface area contributed by atoms with E-state index in [-0.39, 0.29) is 5.91 Å². The van der Waals surface area contributed by atoms with Gasteiger partial charge in [0.05, 0.1) is 19.3 Å². The third-order valence-electron chi connectivity index (χ3n) is 4.50. The predicted molar refractivity (Wildman–Crippen MR) is 95.8 cm³/mol. The van der Waals surface area contributed by atoms with Crippen molar-refractivity contribution in [3.63, 3.8) is 0 Å². The van der Waals surface area contributed by atoms with Crippen LogP contribution in [0, 0.1) is 0 Å². The van der Waals surface area contributed by atoms with E-state index in [1.807, 2.05) is 18.2 Å². The lowest BCUT2D eigenvalue weighted by atomic mass is 9.94. The van der Waals surface area contributed by atoms with Crippen LogP contribution in [-0.4, -0.2) is 18.0 Å². The lowest BCUT2D eigenvalue weighted by Crippen LogP contribution is -2.35. The molecule has 0 unspecified atom stereocenters. The number of methoxy groups -OCH3 is 1. The van der Waals surface area contributed by atoms with Crippen molar-refractivity contribution in [2.45, 2.75) is 25.7 Å². The van der Waals surface area contributed by atoms with Crippen molar-refractivity contribution >= 4 is 23.2 Å². The Labute approximate surface area is 155 Å². The van der Waals surface area contributed by atoms with Crippen molar-refractivity contribution in [1.82, 2.24) is 4.98 Å². The van der Waals surface area contributed by atoms with Crippen LogP contribution in [0.25, 0.3) is 0 Å². The summed E-state index contributed by atoms with van der Waals surface area (Å²) in [4.78, 5) is 18.5. The number of amides is 1. The lowest BCUT2D eigenvalue weighted by Gasteiger charge is -2.32. The largest absolute Gasteiger partial charge is 0.495 e. The second-order valence-electron chi connectivity index (χ2n) is 6.03. The molecule has 3 heterocycles. The molecule has 1 aromatic carbocycles. The molecule has 0 saturated carbocycles. The molecule has 0 radical (unpaired) electrons. The van der Waals surface area contributed by atoms with Gasteiger partial charge in [0.25, 0.3) is 6.29 Å². The number of aromatic nitrogens is 1. The molecule has 0 saturated heterocycles. The maximum atomic E-state index is 12.7. The Morgan fingerprint density at radius 1 is 1.23 bits per heavy atom. The summed E-state index contributed by atoms with van der Waals surface area (Å²) in [5.74, 6) is 0.680. The Morgan fingerprint density at radius 2 is 2.04 bits per heavy atom. The number of hydrogen-bond acceptors (Lipinski definition) is 5. The van der Waals surface area contributed by atoms with Gasteiger partial charge in [-0.2, -0.15) is 0 Å². The second-order valence-corrected chi connectivity index (χ2v) is 6.42. The van der Waals surface area contributed by atoms with Crippen LogP contribution in [0.4, 0.5) is 5.69 Å². The van der Waals surface area contributed by atoms with Crippen LogP contribution in [0.2, 0.25) is 5.15 Å². The van der Waals surface area contributed by atoms with Gasteiger partial charge in [-0.15, -0.1) is 0 Å². The van der Waals surface area contributed by atoms with E-state index in [0.717, 1.165) is 22.4 Å². The minimum atomic E-state index is -0.498. The number of hydrogen-bond donors (Lipinski definition) is 0. The summed E-state index contributed by atoms with van der Waals surface area (Å²) in [6, 6.07) is 7.34. The molecule has 0 aliphatic carbocycles. The Morgan fingerprint density at radius 3 is 2.73 bits per heavy atom. The van der Waals surface area contributed by atoms with Crippen molar-refractivity contribution in [2.75, 3.05) is 12.0 Å². The van der Waals surface area contributed by atoms with E-state index in [2.05, 4.69) is 4.98 Å². The summed E-state index contributed by atoms with van der Waals surface area (Å²) in [5, 5.41) is 0.419. The number of benzene rings is 1. The number of carbonyl (C=O) groups is 1. The van der Waals surface area contributed by atoms with E-state index in [1.54, 1.807) is 24.3 Å². The molecule has 6 nitrogen and oxygen atoms in total. The quantitative estimate of drug-likeness (QED) is 0.765. The number of pyridine rings is 1. The highest BCUT2D eigenvalue weighted by Gasteiger charge is 2.32. The van der Waals surface area contributed by atoms with Crippen LogP contribution >= 0.6 is 11.6 Å². The average Bonchev–Trinajstić information content (AvgIpc) is 3.19. The van der Waals surface area contributed by atoms with Crippen molar-refractivity contribution in [1.29, 1.82) is 0 Å². The first-order chi connectivity index (χ1) is 12.7. The van der Waals surface area contributed by atoms with Crippen LogP contribution in [0.3, 0.4) is 0 Å². The highest BCUT2D eigenvalue weighted by molar-refractivity contribution is 6.29. The predicted octanol–water partition coefficient (Wildman–Crippen LogP) is 3.74. The van der Waals surface area contributed by atoms with Gasteiger partial charge in [0, 0.05) is 18.2 Å². The Hall–Kier alpha value is -2.73. The molecule has 0 atom stereocenters. The molecule has 2 aliphatic heterocycles. The molecule has 0 N–H and O–H groups in total. The number of nitrogens with zero attached hydrogens (tertiary/aromatic N) is 2. The average molecular weight is 373 g/mol. The Bertz CT molecular complexity index is 859. The van der Waals surface area contributed by atoms with E-state index in [1.165, 1.54) is 12.5 Å². The summed E-state index contributed by atoms with van der Waals surface area (Å²) >= 11 is 5.86. The number of rotatable bonds is 4. The fourth-order valence-corrected chi connectivity index (χ4v) is 3.41. The fraction of sp³-hybridized carbons (Fsp3) is 0.263. The lowest BCUT2D eigenvalue weighted by molar-refractivity contribution is -0.119. The van der Waals surface area contributed by atoms with Crippen LogP contribution in [0.1, 0.15) is 29.4 Å². The maximum absolute atomic E-state index is 12.7. The summed E-state index contributed by atoms with van der Waals surface area (Å²) in [5.41, 5.74) is 3.55. The summed E-state index contributed by atoms with van der Waals surface area (Å²) in [7, 11) is 1.60. The molecule has 0 bridgehead atoms. The molecule has 2 aliphatic rings. The fourth-order valence-electron chi connectivity index (χ4n) is 3.30. The van der Waals surface area contributed by atoms with Gasteiger partial charge in [-0.3, -0.25) is 4.79 Å². The van der Waals surface area contributed by atoms with Gasteiger partial charge >= 0.3 is 0 Å². The first-order valence-corrected chi connectivity index (χ1v) is 8.61. The third-order valence-corrected chi connectivity index (χ3v) is 4.73. The molecule has 26 heavy (non-hydrogen) atoms. The maximum Gasteiger partial charge on any atom is 0.266 e. The molecular weight excluding hydrogens is 356 g/mol. The normalized spacial score (nSPS) is 16.2. The molecule has 0 fully saturated rings. The van der Waals surface area contributed by atoms with Crippen molar-refractivity contribution in [3.05, 3.63) is 64.8 Å². The zero-order valence-electron chi connectivity index (χ0n) is 14.1. The minimum absolute atomic E-state index is 0.0364. The molecule has 2 aromatic rings. The Balaban J connectivity index is 1.76. The van der Waals surface area contributed by atoms with Gasteiger partial charge in [-0.25, -0.2) is 4.98 Å². The van der Waals surface area contributed by atoms with Gasteiger partial charge in [-0.1, -0.05) is 17.7 Å². The van der Waals surface area contributed by atoms with E-state index in [4.69, 9.17) is 25.8 Å². The number of halogens is 1. The van der Waals surface area contributed by atoms with Gasteiger partial charge in [-0.05, 0) is 35.7 Å². The van der Waals surface area contributed by atoms with Gasteiger partial charge < -0.3 is 19.1 Å². The number of carbonyl (C=O) groups excluding carboxylic acids is 1. The molecule has 7 heteroatoms. The van der Waals surface area contributed by atoms with Gasteiger partial charge in [0.1, 0.15) is 23.4 Å². The van der Waals surface area contributed by atoms with E-state index in [9.17, 15) is 4.79 Å². The minimum Gasteiger partial charge on any atom is -0.495 e. The number of fused-ring (bicyclic) bond motifs is 1. The topological polar surface area (TPSA) is 60.9 Å². The molecule has 0 spiro atoms. The van der Waals surface area contributed by atoms with Crippen molar-refractivity contribution < 1.29 is 19.0 Å². The van der Waals surface area contributed by atoms with Crippen LogP contribution in [0.15, 0.2) is 43.0 Å². The van der Waals surface area contributed by atoms with E-state index >= 15 is 0 Å². The zero-order valence-corrected chi connectivity index (χ0v) is 14.9. The SMILES string of the molecule is COc1ccc(C2OC=CO2)c2c1N(Cc1ccc(Cl)nc1)C(=O)CC2. The molecule has 1 amide bonds. The highest BCUT2D eigenvalue weighted by Crippen LogP contribution is 2.42. The number of anilines is 1. The van der Waals surface area contributed by atoms with Crippen LogP contribution in [-0.2, 0) is 27.2 Å². The van der Waals surface area contributed by atoms with Crippen LogP contribution in [0.5, 0.6) is 5.75 Å².